The lowest BCUT2D eigenvalue weighted by Crippen LogP contribution is -2.35. The molecule has 0 atom stereocenters. The van der Waals surface area contributed by atoms with Crippen molar-refractivity contribution in [1.29, 1.82) is 0 Å². The van der Waals surface area contributed by atoms with E-state index in [9.17, 15) is 9.18 Å². The first kappa shape index (κ1) is 11.4. The van der Waals surface area contributed by atoms with Gasteiger partial charge in [0.15, 0.2) is 0 Å². The Hall–Kier alpha value is -0.640. The summed E-state index contributed by atoms with van der Waals surface area (Å²) < 4.78 is 12.0. The van der Waals surface area contributed by atoms with E-state index in [4.69, 9.17) is 5.11 Å². The molecular formula is C10H18FNO2. The van der Waals surface area contributed by atoms with Gasteiger partial charge < -0.3 is 10.0 Å². The SMILES string of the molecule is O=C(O)CCC1CCN(CCF)CC1. The van der Waals surface area contributed by atoms with Crippen molar-refractivity contribution in [2.75, 3.05) is 26.3 Å². The first-order valence-corrected chi connectivity index (χ1v) is 5.22. The molecule has 1 aliphatic rings. The monoisotopic (exact) mass is 203 g/mol. The Balaban J connectivity index is 2.12. The van der Waals surface area contributed by atoms with E-state index in [0.29, 0.717) is 12.5 Å². The predicted octanol–water partition coefficient (Wildman–Crippen LogP) is 1.53. The Bertz CT molecular complexity index is 179. The summed E-state index contributed by atoms with van der Waals surface area (Å²) in [5.41, 5.74) is 0. The topological polar surface area (TPSA) is 40.5 Å². The Morgan fingerprint density at radius 1 is 1.43 bits per heavy atom. The Morgan fingerprint density at radius 2 is 2.07 bits per heavy atom. The molecule has 0 unspecified atom stereocenters. The summed E-state index contributed by atoms with van der Waals surface area (Å²) >= 11 is 0. The van der Waals surface area contributed by atoms with Gasteiger partial charge >= 0.3 is 5.97 Å². The molecule has 14 heavy (non-hydrogen) atoms. The average molecular weight is 203 g/mol. The van der Waals surface area contributed by atoms with Crippen LogP contribution in [0, 0.1) is 5.92 Å². The zero-order valence-corrected chi connectivity index (χ0v) is 8.41. The van der Waals surface area contributed by atoms with E-state index in [1.807, 2.05) is 0 Å². The third-order valence-corrected chi connectivity index (χ3v) is 2.87. The lowest BCUT2D eigenvalue weighted by molar-refractivity contribution is -0.137. The molecule has 0 bridgehead atoms. The molecule has 0 aromatic rings. The van der Waals surface area contributed by atoms with Gasteiger partial charge in [-0.05, 0) is 38.3 Å². The summed E-state index contributed by atoms with van der Waals surface area (Å²) in [4.78, 5) is 12.5. The molecule has 1 rings (SSSR count). The van der Waals surface area contributed by atoms with E-state index in [-0.39, 0.29) is 13.1 Å². The maximum atomic E-state index is 12.0. The number of alkyl halides is 1. The van der Waals surface area contributed by atoms with Crippen molar-refractivity contribution in [2.24, 2.45) is 5.92 Å². The van der Waals surface area contributed by atoms with Crippen molar-refractivity contribution in [3.8, 4) is 0 Å². The van der Waals surface area contributed by atoms with Crippen LogP contribution in [0.4, 0.5) is 4.39 Å². The Labute approximate surface area is 83.9 Å². The number of carboxylic acid groups (broad SMARTS) is 1. The van der Waals surface area contributed by atoms with Crippen LogP contribution >= 0.6 is 0 Å². The molecule has 82 valence electrons. The van der Waals surface area contributed by atoms with Crippen LogP contribution in [0.5, 0.6) is 0 Å². The molecule has 1 aliphatic heterocycles. The van der Waals surface area contributed by atoms with Crippen molar-refractivity contribution in [3.63, 3.8) is 0 Å². The first-order valence-electron chi connectivity index (χ1n) is 5.22. The van der Waals surface area contributed by atoms with Gasteiger partial charge in [0, 0.05) is 13.0 Å². The van der Waals surface area contributed by atoms with Crippen LogP contribution < -0.4 is 0 Å². The number of halogens is 1. The van der Waals surface area contributed by atoms with Crippen molar-refractivity contribution in [3.05, 3.63) is 0 Å². The summed E-state index contributed by atoms with van der Waals surface area (Å²) in [7, 11) is 0. The van der Waals surface area contributed by atoms with E-state index in [0.717, 1.165) is 32.4 Å². The molecule has 3 nitrogen and oxygen atoms in total. The third kappa shape index (κ3) is 4.05. The number of carbonyl (C=O) groups is 1. The summed E-state index contributed by atoms with van der Waals surface area (Å²) in [6, 6.07) is 0. The molecule has 1 heterocycles. The molecule has 1 N–H and O–H groups in total. The van der Waals surface area contributed by atoms with Crippen LogP contribution in [0.2, 0.25) is 0 Å². The number of nitrogens with zero attached hydrogens (tertiary/aromatic N) is 1. The number of aliphatic carboxylic acids is 1. The second-order valence-electron chi connectivity index (χ2n) is 3.91. The van der Waals surface area contributed by atoms with Crippen LogP contribution in [0.1, 0.15) is 25.7 Å². The second kappa shape index (κ2) is 5.96. The van der Waals surface area contributed by atoms with Crippen molar-refractivity contribution in [1.82, 2.24) is 4.90 Å². The van der Waals surface area contributed by atoms with Gasteiger partial charge in [-0.3, -0.25) is 4.79 Å². The lowest BCUT2D eigenvalue weighted by Gasteiger charge is -2.30. The third-order valence-electron chi connectivity index (χ3n) is 2.87. The molecule has 0 spiro atoms. The summed E-state index contributed by atoms with van der Waals surface area (Å²) in [5.74, 6) is -0.182. The summed E-state index contributed by atoms with van der Waals surface area (Å²) in [5, 5.41) is 8.52. The van der Waals surface area contributed by atoms with E-state index in [1.165, 1.54) is 0 Å². The number of rotatable bonds is 5. The molecule has 4 heteroatoms. The van der Waals surface area contributed by atoms with Crippen molar-refractivity contribution < 1.29 is 14.3 Å². The maximum Gasteiger partial charge on any atom is 0.303 e. The first-order chi connectivity index (χ1) is 6.72. The van der Waals surface area contributed by atoms with Crippen LogP contribution in [-0.2, 0) is 4.79 Å². The molecule has 0 aliphatic carbocycles. The second-order valence-corrected chi connectivity index (χ2v) is 3.91. The smallest absolute Gasteiger partial charge is 0.303 e. The van der Waals surface area contributed by atoms with Gasteiger partial charge in [-0.15, -0.1) is 0 Å². The zero-order valence-electron chi connectivity index (χ0n) is 8.41. The minimum Gasteiger partial charge on any atom is -0.481 e. The van der Waals surface area contributed by atoms with Crippen LogP contribution in [0.15, 0.2) is 0 Å². The Morgan fingerprint density at radius 3 is 2.57 bits per heavy atom. The van der Waals surface area contributed by atoms with Gasteiger partial charge in [-0.2, -0.15) is 0 Å². The summed E-state index contributed by atoms with van der Waals surface area (Å²) in [6.45, 7) is 2.11. The zero-order chi connectivity index (χ0) is 10.4. The molecule has 1 saturated heterocycles. The fraction of sp³-hybridized carbons (Fsp3) is 0.900. The number of likely N-dealkylation sites (tertiary alicyclic amines) is 1. The number of hydrogen-bond acceptors (Lipinski definition) is 2. The van der Waals surface area contributed by atoms with Gasteiger partial charge in [0.05, 0.1) is 0 Å². The fourth-order valence-corrected chi connectivity index (χ4v) is 1.95. The number of piperidine rings is 1. The van der Waals surface area contributed by atoms with E-state index in [1.54, 1.807) is 0 Å². The Kier molecular flexibility index (Phi) is 4.87. The highest BCUT2D eigenvalue weighted by atomic mass is 19.1. The molecule has 0 aromatic carbocycles. The van der Waals surface area contributed by atoms with Gasteiger partial charge in [-0.25, -0.2) is 4.39 Å². The van der Waals surface area contributed by atoms with E-state index in [2.05, 4.69) is 4.90 Å². The minimum absolute atomic E-state index is 0.272. The highest BCUT2D eigenvalue weighted by Gasteiger charge is 2.19. The predicted molar refractivity (Wildman–Crippen MR) is 52.0 cm³/mol. The van der Waals surface area contributed by atoms with Crippen LogP contribution in [0.3, 0.4) is 0 Å². The molecule has 0 amide bonds. The summed E-state index contributed by atoms with van der Waals surface area (Å²) in [6.07, 6.45) is 3.09. The molecular weight excluding hydrogens is 185 g/mol. The quantitative estimate of drug-likeness (QED) is 0.736. The number of hydrogen-bond donors (Lipinski definition) is 1. The lowest BCUT2D eigenvalue weighted by atomic mass is 9.92. The average Bonchev–Trinajstić information content (AvgIpc) is 2.17. The van der Waals surface area contributed by atoms with Gasteiger partial charge in [-0.1, -0.05) is 0 Å². The van der Waals surface area contributed by atoms with Gasteiger partial charge in [0.25, 0.3) is 0 Å². The minimum atomic E-state index is -0.712. The normalized spacial score (nSPS) is 19.8. The largest absolute Gasteiger partial charge is 0.481 e. The maximum absolute atomic E-state index is 12.0. The highest BCUT2D eigenvalue weighted by Crippen LogP contribution is 2.21. The van der Waals surface area contributed by atoms with E-state index >= 15 is 0 Å². The standard InChI is InChI=1S/C10H18FNO2/c11-5-8-12-6-3-9(4-7-12)1-2-10(13)14/h9H,1-8H2,(H,13,14). The van der Waals surface area contributed by atoms with Gasteiger partial charge in [0.2, 0.25) is 0 Å². The van der Waals surface area contributed by atoms with Crippen molar-refractivity contribution >= 4 is 5.97 Å². The van der Waals surface area contributed by atoms with Crippen molar-refractivity contribution in [2.45, 2.75) is 25.7 Å². The van der Waals surface area contributed by atoms with Crippen LogP contribution in [0.25, 0.3) is 0 Å². The van der Waals surface area contributed by atoms with Crippen LogP contribution in [-0.4, -0.2) is 42.3 Å². The fourth-order valence-electron chi connectivity index (χ4n) is 1.95. The number of carboxylic acids is 1. The highest BCUT2D eigenvalue weighted by molar-refractivity contribution is 5.66. The van der Waals surface area contributed by atoms with E-state index < -0.39 is 5.97 Å². The molecule has 0 aromatic heterocycles. The molecule has 0 radical (unpaired) electrons. The molecule has 1 fully saturated rings. The van der Waals surface area contributed by atoms with Gasteiger partial charge in [0.1, 0.15) is 6.67 Å². The molecule has 0 saturated carbocycles.